The van der Waals surface area contributed by atoms with E-state index < -0.39 is 0 Å². The van der Waals surface area contributed by atoms with Gasteiger partial charge in [-0.15, -0.1) is 17.8 Å². The highest BCUT2D eigenvalue weighted by molar-refractivity contribution is 9.10. The van der Waals surface area contributed by atoms with Crippen LogP contribution in [0.25, 0.3) is 0 Å². The highest BCUT2D eigenvalue weighted by atomic mass is 79.9. The van der Waals surface area contributed by atoms with E-state index in [1.165, 1.54) is 16.0 Å². The minimum absolute atomic E-state index is 0.0217. The highest BCUT2D eigenvalue weighted by Crippen LogP contribution is 2.30. The largest absolute Gasteiger partial charge is 0.375 e. The van der Waals surface area contributed by atoms with E-state index in [4.69, 9.17) is 18.0 Å². The summed E-state index contributed by atoms with van der Waals surface area (Å²) in [6.07, 6.45) is 6.76. The average molecular weight is 373 g/mol. The van der Waals surface area contributed by atoms with E-state index in [0.29, 0.717) is 10.2 Å². The molecule has 0 aliphatic rings. The number of thiophene rings is 1. The maximum absolute atomic E-state index is 12.0. The zero-order chi connectivity index (χ0) is 14.7. The van der Waals surface area contributed by atoms with Gasteiger partial charge in [-0.1, -0.05) is 17.5 Å². The van der Waals surface area contributed by atoms with Gasteiger partial charge in [0.15, 0.2) is 0 Å². The third-order valence-electron chi connectivity index (χ3n) is 2.62. The van der Waals surface area contributed by atoms with Gasteiger partial charge in [-0.3, -0.25) is 4.79 Å². The second kappa shape index (κ2) is 6.44. The maximum atomic E-state index is 12.0. The van der Waals surface area contributed by atoms with Crippen LogP contribution >= 0.6 is 38.9 Å². The van der Waals surface area contributed by atoms with Gasteiger partial charge in [0.05, 0.1) is 22.3 Å². The molecule has 4 nitrogen and oxygen atoms in total. The Balaban J connectivity index is 2.24. The lowest BCUT2D eigenvalue weighted by Crippen LogP contribution is -2.24. The monoisotopic (exact) mass is 371 g/mol. The van der Waals surface area contributed by atoms with Crippen molar-refractivity contribution in [3.05, 3.63) is 42.4 Å². The van der Waals surface area contributed by atoms with Crippen molar-refractivity contribution < 1.29 is 0 Å². The summed E-state index contributed by atoms with van der Waals surface area (Å²) in [6, 6.07) is 3.82. The molecule has 104 valence electrons. The smallest absolute Gasteiger partial charge is 0.284 e. The molecule has 0 aliphatic carbocycles. The Morgan fingerprint density at radius 1 is 1.65 bits per heavy atom. The van der Waals surface area contributed by atoms with Crippen molar-refractivity contribution in [2.45, 2.75) is 19.5 Å². The Hall–Kier alpha value is -1.29. The van der Waals surface area contributed by atoms with Gasteiger partial charge >= 0.3 is 0 Å². The molecule has 2 rings (SSSR count). The maximum Gasteiger partial charge on any atom is 0.284 e. The van der Waals surface area contributed by atoms with Gasteiger partial charge in [0.2, 0.25) is 0 Å². The van der Waals surface area contributed by atoms with Crippen LogP contribution in [0.1, 0.15) is 17.8 Å². The number of rotatable bonds is 4. The molecule has 0 aromatic carbocycles. The fourth-order valence-corrected chi connectivity index (χ4v) is 3.11. The van der Waals surface area contributed by atoms with Crippen LogP contribution in [0.4, 0.5) is 5.69 Å². The van der Waals surface area contributed by atoms with E-state index in [1.54, 1.807) is 6.20 Å². The van der Waals surface area contributed by atoms with Crippen molar-refractivity contribution in [1.82, 2.24) is 9.78 Å². The summed E-state index contributed by atoms with van der Waals surface area (Å²) in [5.41, 5.74) is 0.365. The first-order chi connectivity index (χ1) is 9.52. The molecule has 1 unspecified atom stereocenters. The van der Waals surface area contributed by atoms with Crippen LogP contribution in [0.15, 0.2) is 27.6 Å². The molecule has 0 bridgehead atoms. The lowest BCUT2D eigenvalue weighted by Gasteiger charge is -2.15. The molecule has 0 radical (unpaired) electrons. The summed E-state index contributed by atoms with van der Waals surface area (Å²) in [5, 5.41) is 7.25. The van der Waals surface area contributed by atoms with Gasteiger partial charge in [0.25, 0.3) is 5.56 Å². The molecule has 1 atom stereocenters. The molecular formula is C13H11BrClN3OS. The molecule has 0 spiro atoms. The van der Waals surface area contributed by atoms with Gasteiger partial charge in [-0.05, 0) is 35.0 Å². The van der Waals surface area contributed by atoms with E-state index in [-0.39, 0.29) is 18.1 Å². The fraction of sp³-hybridized carbons (Fsp3) is 0.231. The first-order valence-corrected chi connectivity index (χ1v) is 7.72. The number of halogens is 2. The quantitative estimate of drug-likeness (QED) is 0.835. The van der Waals surface area contributed by atoms with Gasteiger partial charge in [-0.25, -0.2) is 4.68 Å². The van der Waals surface area contributed by atoms with Crippen molar-refractivity contribution in [3.63, 3.8) is 0 Å². The van der Waals surface area contributed by atoms with Crippen molar-refractivity contribution in [3.8, 4) is 12.3 Å². The molecule has 0 aliphatic heterocycles. The van der Waals surface area contributed by atoms with Crippen LogP contribution in [0.3, 0.4) is 0 Å². The Morgan fingerprint density at radius 3 is 3.00 bits per heavy atom. The van der Waals surface area contributed by atoms with Crippen molar-refractivity contribution in [2.75, 3.05) is 5.32 Å². The van der Waals surface area contributed by atoms with Gasteiger partial charge in [-0.2, -0.15) is 5.10 Å². The number of hydrogen-bond acceptors (Lipinski definition) is 4. The minimum Gasteiger partial charge on any atom is -0.375 e. The molecule has 1 N–H and O–H groups in total. The zero-order valence-electron chi connectivity index (χ0n) is 10.6. The second-order valence-corrected chi connectivity index (χ2v) is 6.59. The predicted octanol–water partition coefficient (Wildman–Crippen LogP) is 3.53. The number of aromatic nitrogens is 2. The number of hydrogen-bond donors (Lipinski definition) is 1. The molecule has 2 aromatic heterocycles. The van der Waals surface area contributed by atoms with E-state index >= 15 is 0 Å². The van der Waals surface area contributed by atoms with E-state index in [2.05, 4.69) is 32.3 Å². The summed E-state index contributed by atoms with van der Waals surface area (Å²) in [4.78, 5) is 13.1. The molecule has 0 amide bonds. The van der Waals surface area contributed by atoms with E-state index in [0.717, 1.165) is 9.21 Å². The van der Waals surface area contributed by atoms with Gasteiger partial charge < -0.3 is 5.32 Å². The Labute approximate surface area is 133 Å². The minimum atomic E-state index is -0.260. The van der Waals surface area contributed by atoms with Crippen LogP contribution in [-0.4, -0.2) is 9.78 Å². The summed E-state index contributed by atoms with van der Waals surface area (Å²) < 4.78 is 2.37. The molecule has 0 saturated carbocycles. The molecule has 2 aromatic rings. The topological polar surface area (TPSA) is 46.9 Å². The first kappa shape index (κ1) is 15.1. The summed E-state index contributed by atoms with van der Waals surface area (Å²) in [6.45, 7) is 2.13. The lowest BCUT2D eigenvalue weighted by molar-refractivity contribution is 0.658. The molecule has 0 saturated heterocycles. The SMILES string of the molecule is C#CCn1ncc(NC(C)c2ccc(Cl)s2)c(Br)c1=O. The van der Waals surface area contributed by atoms with Crippen LogP contribution in [0, 0.1) is 12.3 Å². The van der Waals surface area contributed by atoms with Crippen molar-refractivity contribution >= 4 is 44.6 Å². The van der Waals surface area contributed by atoms with Crippen molar-refractivity contribution in [1.29, 1.82) is 0 Å². The predicted molar refractivity (Wildman–Crippen MR) is 86.4 cm³/mol. The van der Waals surface area contributed by atoms with Gasteiger partial charge in [0.1, 0.15) is 11.0 Å². The van der Waals surface area contributed by atoms with Crippen molar-refractivity contribution in [2.24, 2.45) is 0 Å². The average Bonchev–Trinajstić information content (AvgIpc) is 2.85. The van der Waals surface area contributed by atoms with E-state index in [9.17, 15) is 4.79 Å². The Morgan fingerprint density at radius 2 is 2.40 bits per heavy atom. The Kier molecular flexibility index (Phi) is 4.86. The molecule has 2 heterocycles. The normalized spacial score (nSPS) is 11.9. The van der Waals surface area contributed by atoms with Crippen LogP contribution in [0.2, 0.25) is 4.34 Å². The lowest BCUT2D eigenvalue weighted by atomic mass is 10.2. The third-order valence-corrected chi connectivity index (χ3v) is 4.80. The van der Waals surface area contributed by atoms with Gasteiger partial charge in [0, 0.05) is 4.88 Å². The van der Waals surface area contributed by atoms with Crippen LogP contribution in [-0.2, 0) is 6.54 Å². The number of nitrogens with zero attached hydrogens (tertiary/aromatic N) is 2. The molecular weight excluding hydrogens is 362 g/mol. The van der Waals surface area contributed by atoms with Crippen LogP contribution in [0.5, 0.6) is 0 Å². The first-order valence-electron chi connectivity index (χ1n) is 5.73. The zero-order valence-corrected chi connectivity index (χ0v) is 13.7. The summed E-state index contributed by atoms with van der Waals surface area (Å²) in [7, 11) is 0. The summed E-state index contributed by atoms with van der Waals surface area (Å²) in [5.74, 6) is 2.39. The molecule has 7 heteroatoms. The second-order valence-electron chi connectivity index (χ2n) is 4.05. The molecule has 0 fully saturated rings. The number of anilines is 1. The van der Waals surface area contributed by atoms with Crippen LogP contribution < -0.4 is 10.9 Å². The molecule has 20 heavy (non-hydrogen) atoms. The number of terminal acetylenes is 1. The standard InChI is InChI=1S/C13H11BrClN3OS/c1-3-6-18-13(19)12(14)9(7-16-18)17-8(2)10-4-5-11(15)20-10/h1,4-5,7-8,17H,6H2,2H3. The summed E-state index contributed by atoms with van der Waals surface area (Å²) >= 11 is 10.7. The number of nitrogens with one attached hydrogen (secondary N) is 1. The Bertz CT molecular complexity index is 719. The third kappa shape index (κ3) is 3.23. The fourth-order valence-electron chi connectivity index (χ4n) is 1.63. The van der Waals surface area contributed by atoms with E-state index in [1.807, 2.05) is 19.1 Å². The highest BCUT2D eigenvalue weighted by Gasteiger charge is 2.13.